The van der Waals surface area contributed by atoms with E-state index in [0.717, 1.165) is 39.7 Å². The molecule has 7 nitrogen and oxygen atoms in total. The fourth-order valence-electron chi connectivity index (χ4n) is 4.94. The summed E-state index contributed by atoms with van der Waals surface area (Å²) >= 11 is 7.11. The predicted molar refractivity (Wildman–Crippen MR) is 151 cm³/mol. The molecule has 0 unspecified atom stereocenters. The molecule has 2 aromatic carbocycles. The van der Waals surface area contributed by atoms with Gasteiger partial charge in [-0.1, -0.05) is 36.4 Å². The number of likely N-dealkylation sites (tertiary alicyclic amines) is 1. The highest BCUT2D eigenvalue weighted by atomic mass is 79.9. The molecule has 5 aromatic rings. The Morgan fingerprint density at radius 3 is 2.78 bits per heavy atom. The predicted octanol–water partition coefficient (Wildman–Crippen LogP) is 7.03. The second kappa shape index (κ2) is 9.92. The van der Waals surface area contributed by atoms with Gasteiger partial charge in [-0.25, -0.2) is 9.78 Å². The maximum atomic E-state index is 13.7. The van der Waals surface area contributed by atoms with Crippen molar-refractivity contribution in [1.82, 2.24) is 20.2 Å². The molecule has 2 atom stereocenters. The van der Waals surface area contributed by atoms with Crippen molar-refractivity contribution in [2.75, 3.05) is 13.7 Å². The third-order valence-electron chi connectivity index (χ3n) is 6.73. The lowest BCUT2D eigenvalue weighted by Crippen LogP contribution is -2.42. The van der Waals surface area contributed by atoms with Gasteiger partial charge < -0.3 is 19.9 Å². The molecule has 3 aromatic heterocycles. The van der Waals surface area contributed by atoms with Gasteiger partial charge in [0.25, 0.3) is 5.91 Å². The van der Waals surface area contributed by atoms with Gasteiger partial charge in [0.2, 0.25) is 0 Å². The van der Waals surface area contributed by atoms with E-state index in [0.29, 0.717) is 12.1 Å². The summed E-state index contributed by atoms with van der Waals surface area (Å²) in [5.74, 6) is 0.585. The Morgan fingerprint density at radius 2 is 1.97 bits per heavy atom. The molecule has 6 rings (SSSR count). The van der Waals surface area contributed by atoms with Crippen molar-refractivity contribution < 1.29 is 14.3 Å². The van der Waals surface area contributed by atoms with E-state index in [-0.39, 0.29) is 11.9 Å². The third-order valence-corrected chi connectivity index (χ3v) is 10.1. The first-order valence-corrected chi connectivity index (χ1v) is 14.4. The molecular formula is C27H23BrN4O3S2. The molecule has 0 aliphatic carbocycles. The highest BCUT2D eigenvalue weighted by molar-refractivity contribution is 9.10. The van der Waals surface area contributed by atoms with Crippen LogP contribution in [0.25, 0.3) is 31.6 Å². The van der Waals surface area contributed by atoms with Crippen LogP contribution in [0.1, 0.15) is 36.3 Å². The number of hydrogen-bond donors (Lipinski definition) is 2. The van der Waals surface area contributed by atoms with Crippen molar-refractivity contribution in [2.24, 2.45) is 0 Å². The van der Waals surface area contributed by atoms with Gasteiger partial charge in [-0.2, -0.15) is 0 Å². The maximum absolute atomic E-state index is 13.7. The van der Waals surface area contributed by atoms with E-state index in [9.17, 15) is 9.59 Å². The lowest BCUT2D eigenvalue weighted by Gasteiger charge is -2.28. The summed E-state index contributed by atoms with van der Waals surface area (Å²) in [6.45, 7) is 0.595. The average Bonchev–Trinajstić information content (AvgIpc) is 3.71. The summed E-state index contributed by atoms with van der Waals surface area (Å²) in [5.41, 5.74) is 4.86. The summed E-state index contributed by atoms with van der Waals surface area (Å²) in [6, 6.07) is 14.5. The minimum Gasteiger partial charge on any atom is -0.453 e. The number of fused-ring (bicyclic) bond motifs is 2. The Hall–Kier alpha value is -3.21. The SMILES string of the molecule is COC(=O)N[C@@H](C(=O)N1CCC[C@H]1c1nc2ccc(-c3csc4c(Br)csc34)cc2[nH]1)c1ccccc1. The van der Waals surface area contributed by atoms with Gasteiger partial charge in [0.1, 0.15) is 11.9 Å². The lowest BCUT2D eigenvalue weighted by molar-refractivity contribution is -0.134. The fourth-order valence-corrected chi connectivity index (χ4v) is 8.00. The van der Waals surface area contributed by atoms with Gasteiger partial charge in [-0.3, -0.25) is 4.79 Å². The van der Waals surface area contributed by atoms with Crippen molar-refractivity contribution in [2.45, 2.75) is 24.9 Å². The molecule has 1 aliphatic heterocycles. The standard InChI is InChI=1S/C27H23BrN4O3S2/c1-35-27(34)31-22(15-6-3-2-4-7-15)26(33)32-11-5-8-21(32)25-29-19-10-9-16(12-20(19)30-25)17-13-36-24-18(28)14-37-23(17)24/h2-4,6-7,9-10,12-14,21-22H,5,8,11H2,1H3,(H,29,30)(H,31,34)/t21-,22+/m0/s1. The van der Waals surface area contributed by atoms with Gasteiger partial charge >= 0.3 is 6.09 Å². The number of imidazole rings is 1. The monoisotopic (exact) mass is 594 g/mol. The fraction of sp³-hybridized carbons (Fsp3) is 0.222. The van der Waals surface area contributed by atoms with Crippen LogP contribution >= 0.6 is 38.6 Å². The Labute approximate surface area is 229 Å². The molecule has 0 radical (unpaired) electrons. The Balaban J connectivity index is 1.31. The van der Waals surface area contributed by atoms with Crippen molar-refractivity contribution >= 4 is 71.0 Å². The van der Waals surface area contributed by atoms with E-state index in [1.165, 1.54) is 22.1 Å². The number of carbonyl (C=O) groups is 2. The first-order valence-electron chi connectivity index (χ1n) is 11.9. The number of hydrogen-bond acceptors (Lipinski definition) is 6. The lowest BCUT2D eigenvalue weighted by atomic mass is 10.1. The van der Waals surface area contributed by atoms with Gasteiger partial charge in [0, 0.05) is 27.3 Å². The number of ether oxygens (including phenoxy) is 1. The minimum atomic E-state index is -0.837. The number of aromatic amines is 1. The molecule has 2 N–H and O–H groups in total. The zero-order chi connectivity index (χ0) is 25.5. The van der Waals surface area contributed by atoms with Crippen LogP contribution in [-0.2, 0) is 9.53 Å². The number of nitrogens with zero attached hydrogens (tertiary/aromatic N) is 2. The minimum absolute atomic E-state index is 0.177. The maximum Gasteiger partial charge on any atom is 0.407 e. The largest absolute Gasteiger partial charge is 0.453 e. The number of H-pyrrole nitrogens is 1. The second-order valence-electron chi connectivity index (χ2n) is 8.91. The van der Waals surface area contributed by atoms with Gasteiger partial charge in [-0.05, 0) is 52.0 Å². The zero-order valence-corrected chi connectivity index (χ0v) is 23.1. The first-order chi connectivity index (χ1) is 18.0. The third kappa shape index (κ3) is 4.43. The molecule has 0 bridgehead atoms. The van der Waals surface area contributed by atoms with Crippen LogP contribution in [0, 0.1) is 0 Å². The number of alkyl carbamates (subject to hydrolysis) is 1. The number of rotatable bonds is 5. The van der Waals surface area contributed by atoms with Crippen molar-refractivity contribution in [3.05, 3.63) is 75.2 Å². The van der Waals surface area contributed by atoms with Gasteiger partial charge in [-0.15, -0.1) is 22.7 Å². The quantitative estimate of drug-likeness (QED) is 0.229. The van der Waals surface area contributed by atoms with Crippen LogP contribution in [0.4, 0.5) is 4.79 Å². The van der Waals surface area contributed by atoms with E-state index >= 15 is 0 Å². The molecule has 188 valence electrons. The number of halogens is 1. The molecule has 2 amide bonds. The van der Waals surface area contributed by atoms with Crippen LogP contribution in [0.5, 0.6) is 0 Å². The number of benzene rings is 2. The average molecular weight is 596 g/mol. The molecule has 1 fully saturated rings. The molecule has 10 heteroatoms. The number of amides is 2. The summed E-state index contributed by atoms with van der Waals surface area (Å²) in [5, 5.41) is 7.03. The highest BCUT2D eigenvalue weighted by Crippen LogP contribution is 2.43. The van der Waals surface area contributed by atoms with Crippen molar-refractivity contribution in [1.29, 1.82) is 0 Å². The van der Waals surface area contributed by atoms with Crippen LogP contribution in [0.2, 0.25) is 0 Å². The summed E-state index contributed by atoms with van der Waals surface area (Å²) in [7, 11) is 1.29. The van der Waals surface area contributed by atoms with E-state index in [1.54, 1.807) is 22.7 Å². The van der Waals surface area contributed by atoms with Crippen molar-refractivity contribution in [3.63, 3.8) is 0 Å². The topological polar surface area (TPSA) is 87.3 Å². The van der Waals surface area contributed by atoms with E-state index < -0.39 is 12.1 Å². The molecule has 1 aliphatic rings. The summed E-state index contributed by atoms with van der Waals surface area (Å²) < 4.78 is 8.47. The smallest absolute Gasteiger partial charge is 0.407 e. The number of thiophene rings is 2. The highest BCUT2D eigenvalue weighted by Gasteiger charge is 2.37. The summed E-state index contributed by atoms with van der Waals surface area (Å²) in [4.78, 5) is 36.0. The molecule has 1 saturated heterocycles. The molecule has 0 saturated carbocycles. The first kappa shape index (κ1) is 24.1. The molecule has 4 heterocycles. The van der Waals surface area contributed by atoms with E-state index in [1.807, 2.05) is 41.3 Å². The van der Waals surface area contributed by atoms with Crippen LogP contribution < -0.4 is 5.32 Å². The van der Waals surface area contributed by atoms with Crippen LogP contribution in [0.15, 0.2) is 63.8 Å². The Morgan fingerprint density at radius 1 is 1.16 bits per heavy atom. The van der Waals surface area contributed by atoms with E-state index in [2.05, 4.69) is 49.1 Å². The van der Waals surface area contributed by atoms with Gasteiger partial charge in [0.05, 0.1) is 33.6 Å². The second-order valence-corrected chi connectivity index (χ2v) is 11.5. The number of methoxy groups -OCH3 is 1. The van der Waals surface area contributed by atoms with E-state index in [4.69, 9.17) is 9.72 Å². The molecule has 0 spiro atoms. The normalized spacial score (nSPS) is 16.4. The number of carbonyl (C=O) groups excluding carboxylic acids is 2. The zero-order valence-electron chi connectivity index (χ0n) is 19.9. The molecular weight excluding hydrogens is 572 g/mol. The van der Waals surface area contributed by atoms with Crippen LogP contribution in [-0.4, -0.2) is 40.5 Å². The number of aromatic nitrogens is 2. The van der Waals surface area contributed by atoms with Gasteiger partial charge in [0.15, 0.2) is 0 Å². The molecule has 37 heavy (non-hydrogen) atoms. The number of nitrogens with one attached hydrogen (secondary N) is 2. The Bertz CT molecular complexity index is 1610. The van der Waals surface area contributed by atoms with Crippen LogP contribution in [0.3, 0.4) is 0 Å². The summed E-state index contributed by atoms with van der Waals surface area (Å²) in [6.07, 6.45) is 1.01. The van der Waals surface area contributed by atoms with Crippen molar-refractivity contribution in [3.8, 4) is 11.1 Å². The Kier molecular flexibility index (Phi) is 6.48.